The summed E-state index contributed by atoms with van der Waals surface area (Å²) in [6.07, 6.45) is 11.4. The third kappa shape index (κ3) is 1.92. The molecule has 0 spiro atoms. The lowest BCUT2D eigenvalue weighted by atomic mass is 9.45. The number of carbonyl (C=O) groups excluding carboxylic acids is 1. The van der Waals surface area contributed by atoms with E-state index >= 15 is 0 Å². The van der Waals surface area contributed by atoms with Crippen LogP contribution in [0.25, 0.3) is 0 Å². The molecule has 0 heterocycles. The van der Waals surface area contributed by atoms with E-state index in [0.29, 0.717) is 28.6 Å². The summed E-state index contributed by atoms with van der Waals surface area (Å²) in [5, 5.41) is 0. The molecule has 4 saturated carbocycles. The van der Waals surface area contributed by atoms with E-state index in [4.69, 9.17) is 4.74 Å². The van der Waals surface area contributed by atoms with Crippen molar-refractivity contribution in [1.29, 1.82) is 0 Å². The Kier molecular flexibility index (Phi) is 3.49. The molecular formula is C20H32O2. The van der Waals surface area contributed by atoms with E-state index in [1.54, 1.807) is 0 Å². The van der Waals surface area contributed by atoms with Crippen molar-refractivity contribution in [2.75, 3.05) is 7.11 Å². The smallest absolute Gasteiger partial charge is 0.133 e. The zero-order chi connectivity index (χ0) is 15.5. The maximum absolute atomic E-state index is 11.9. The van der Waals surface area contributed by atoms with Crippen molar-refractivity contribution in [2.24, 2.45) is 34.5 Å². The van der Waals surface area contributed by atoms with Crippen LogP contribution in [0.1, 0.15) is 71.6 Å². The minimum atomic E-state index is 0.420. The fourth-order valence-corrected chi connectivity index (χ4v) is 7.38. The predicted octanol–water partition coefficient (Wildman–Crippen LogP) is 4.61. The van der Waals surface area contributed by atoms with Gasteiger partial charge in [0.15, 0.2) is 0 Å². The Morgan fingerprint density at radius 3 is 2.50 bits per heavy atom. The standard InChI is InChI=1S/C20H32O2/c1-19-10-8-14(21)12-13(19)4-5-15-16-6-7-18(22-3)20(16,2)11-9-17(15)19/h13,15-18H,4-12H2,1-3H3/t13-,15?,16-,17?,18-,19?,20?/m0/s1. The Morgan fingerprint density at radius 2 is 1.73 bits per heavy atom. The fourth-order valence-electron chi connectivity index (χ4n) is 7.38. The highest BCUT2D eigenvalue weighted by Crippen LogP contribution is 2.66. The van der Waals surface area contributed by atoms with Crippen LogP contribution in [0.15, 0.2) is 0 Å². The SMILES string of the molecule is CO[C@H]1CC[C@H]2C3CC[C@H]4CC(=O)CCC4(C)C3CCC12C. The summed E-state index contributed by atoms with van der Waals surface area (Å²) < 4.78 is 5.86. The lowest BCUT2D eigenvalue weighted by Gasteiger charge is -2.60. The van der Waals surface area contributed by atoms with Crippen molar-refractivity contribution in [3.8, 4) is 0 Å². The Hall–Kier alpha value is -0.370. The molecular weight excluding hydrogens is 272 g/mol. The van der Waals surface area contributed by atoms with Crippen molar-refractivity contribution < 1.29 is 9.53 Å². The molecule has 2 nitrogen and oxygen atoms in total. The van der Waals surface area contributed by atoms with E-state index < -0.39 is 0 Å². The van der Waals surface area contributed by atoms with Crippen LogP contribution in [0.5, 0.6) is 0 Å². The number of carbonyl (C=O) groups is 1. The normalized spacial score (nSPS) is 54.5. The number of Topliss-reactive ketones (excluding diaryl/α,β-unsaturated/α-hetero) is 1. The van der Waals surface area contributed by atoms with Gasteiger partial charge in [0.2, 0.25) is 0 Å². The third-order valence-corrected chi connectivity index (χ3v) is 8.68. The first-order valence-corrected chi connectivity index (χ1v) is 9.53. The summed E-state index contributed by atoms with van der Waals surface area (Å²) in [6, 6.07) is 0. The number of ether oxygens (including phenoxy) is 1. The fraction of sp³-hybridized carbons (Fsp3) is 0.950. The molecule has 0 saturated heterocycles. The maximum Gasteiger partial charge on any atom is 0.133 e. The van der Waals surface area contributed by atoms with E-state index in [9.17, 15) is 4.79 Å². The molecule has 0 N–H and O–H groups in total. The van der Waals surface area contributed by atoms with Crippen LogP contribution in [0.2, 0.25) is 0 Å². The minimum absolute atomic E-state index is 0.420. The molecule has 4 fully saturated rings. The van der Waals surface area contributed by atoms with Crippen LogP contribution >= 0.6 is 0 Å². The van der Waals surface area contributed by atoms with Crippen molar-refractivity contribution in [1.82, 2.24) is 0 Å². The van der Waals surface area contributed by atoms with Gasteiger partial charge in [-0.2, -0.15) is 0 Å². The Labute approximate surface area is 135 Å². The lowest BCUT2D eigenvalue weighted by Crippen LogP contribution is -2.54. The summed E-state index contributed by atoms with van der Waals surface area (Å²) >= 11 is 0. The number of ketones is 1. The molecule has 4 aliphatic rings. The molecule has 0 aromatic carbocycles. The van der Waals surface area contributed by atoms with Gasteiger partial charge in [-0.3, -0.25) is 4.79 Å². The first-order chi connectivity index (χ1) is 10.5. The first-order valence-electron chi connectivity index (χ1n) is 9.53. The molecule has 4 unspecified atom stereocenters. The van der Waals surface area contributed by atoms with E-state index in [1.807, 2.05) is 7.11 Å². The van der Waals surface area contributed by atoms with Gasteiger partial charge in [-0.05, 0) is 79.4 Å². The first kappa shape index (κ1) is 15.2. The van der Waals surface area contributed by atoms with Crippen LogP contribution in [-0.4, -0.2) is 19.0 Å². The van der Waals surface area contributed by atoms with Gasteiger partial charge in [-0.15, -0.1) is 0 Å². The Morgan fingerprint density at radius 1 is 0.955 bits per heavy atom. The zero-order valence-corrected chi connectivity index (χ0v) is 14.6. The van der Waals surface area contributed by atoms with Crippen molar-refractivity contribution in [3.63, 3.8) is 0 Å². The Balaban J connectivity index is 1.62. The summed E-state index contributed by atoms with van der Waals surface area (Å²) in [7, 11) is 1.91. The summed E-state index contributed by atoms with van der Waals surface area (Å²) in [4.78, 5) is 11.9. The number of hydrogen-bond acceptors (Lipinski definition) is 2. The van der Waals surface area contributed by atoms with Crippen LogP contribution in [0, 0.1) is 34.5 Å². The number of rotatable bonds is 1. The molecule has 0 radical (unpaired) electrons. The van der Waals surface area contributed by atoms with Gasteiger partial charge in [-0.1, -0.05) is 13.8 Å². The maximum atomic E-state index is 11.9. The van der Waals surface area contributed by atoms with E-state index in [-0.39, 0.29) is 0 Å². The minimum Gasteiger partial charge on any atom is -0.381 e. The lowest BCUT2D eigenvalue weighted by molar-refractivity contribution is -0.143. The second kappa shape index (κ2) is 5.06. The zero-order valence-electron chi connectivity index (χ0n) is 14.6. The van der Waals surface area contributed by atoms with Gasteiger partial charge in [0.1, 0.15) is 5.78 Å². The van der Waals surface area contributed by atoms with E-state index in [1.165, 1.54) is 38.5 Å². The highest BCUT2D eigenvalue weighted by molar-refractivity contribution is 5.79. The molecule has 0 aromatic rings. The molecule has 22 heavy (non-hydrogen) atoms. The third-order valence-electron chi connectivity index (χ3n) is 8.68. The highest BCUT2D eigenvalue weighted by atomic mass is 16.5. The van der Waals surface area contributed by atoms with Crippen molar-refractivity contribution >= 4 is 5.78 Å². The highest BCUT2D eigenvalue weighted by Gasteiger charge is 2.60. The van der Waals surface area contributed by atoms with Gasteiger partial charge < -0.3 is 4.74 Å². The van der Waals surface area contributed by atoms with Crippen molar-refractivity contribution in [2.45, 2.75) is 77.7 Å². The van der Waals surface area contributed by atoms with Crippen LogP contribution < -0.4 is 0 Å². The van der Waals surface area contributed by atoms with Gasteiger partial charge in [0, 0.05) is 20.0 Å². The molecule has 2 heteroatoms. The predicted molar refractivity (Wildman–Crippen MR) is 87.5 cm³/mol. The molecule has 0 aliphatic heterocycles. The summed E-state index contributed by atoms with van der Waals surface area (Å²) in [5.41, 5.74) is 0.868. The average Bonchev–Trinajstić information content (AvgIpc) is 2.84. The quantitative estimate of drug-likeness (QED) is 0.707. The van der Waals surface area contributed by atoms with Gasteiger partial charge in [0.05, 0.1) is 6.10 Å². The molecule has 0 amide bonds. The van der Waals surface area contributed by atoms with Gasteiger partial charge in [0.25, 0.3) is 0 Å². The monoisotopic (exact) mass is 304 g/mol. The van der Waals surface area contributed by atoms with Gasteiger partial charge in [-0.25, -0.2) is 0 Å². The van der Waals surface area contributed by atoms with Crippen LogP contribution in [0.4, 0.5) is 0 Å². The van der Waals surface area contributed by atoms with Crippen LogP contribution in [0.3, 0.4) is 0 Å². The largest absolute Gasteiger partial charge is 0.381 e. The molecule has 7 atom stereocenters. The topological polar surface area (TPSA) is 26.3 Å². The molecule has 0 aromatic heterocycles. The van der Waals surface area contributed by atoms with E-state index in [0.717, 1.165) is 37.0 Å². The van der Waals surface area contributed by atoms with Crippen LogP contribution in [-0.2, 0) is 9.53 Å². The molecule has 124 valence electrons. The van der Waals surface area contributed by atoms with E-state index in [2.05, 4.69) is 13.8 Å². The average molecular weight is 304 g/mol. The number of methoxy groups -OCH3 is 1. The molecule has 4 rings (SSSR count). The van der Waals surface area contributed by atoms with Gasteiger partial charge >= 0.3 is 0 Å². The summed E-state index contributed by atoms with van der Waals surface area (Å²) in [5.74, 6) is 3.84. The van der Waals surface area contributed by atoms with Crippen molar-refractivity contribution in [3.05, 3.63) is 0 Å². The second-order valence-electron chi connectivity index (χ2n) is 9.25. The molecule has 4 aliphatic carbocycles. The Bertz CT molecular complexity index is 472. The summed E-state index contributed by atoms with van der Waals surface area (Å²) in [6.45, 7) is 5.04. The molecule has 0 bridgehead atoms. The number of fused-ring (bicyclic) bond motifs is 5. The second-order valence-corrected chi connectivity index (χ2v) is 9.25. The number of hydrogen-bond donors (Lipinski definition) is 0.